The second kappa shape index (κ2) is 4.42. The number of hydrogen-bond donors (Lipinski definition) is 2. The van der Waals surface area contributed by atoms with Gasteiger partial charge in [-0.2, -0.15) is 0 Å². The van der Waals surface area contributed by atoms with E-state index in [4.69, 9.17) is 5.11 Å². The summed E-state index contributed by atoms with van der Waals surface area (Å²) in [7, 11) is 0. The SMILES string of the molecule is CC(C)(CCO)CNC(C1CC1)C1CC1. The van der Waals surface area contributed by atoms with Gasteiger partial charge >= 0.3 is 0 Å². The first-order chi connectivity index (χ1) is 7.12. The van der Waals surface area contributed by atoms with Crippen molar-refractivity contribution in [2.45, 2.75) is 52.0 Å². The lowest BCUT2D eigenvalue weighted by Gasteiger charge is -2.28. The Bertz CT molecular complexity index is 195. The van der Waals surface area contributed by atoms with Gasteiger partial charge in [-0.3, -0.25) is 0 Å². The van der Waals surface area contributed by atoms with Crippen molar-refractivity contribution in [1.82, 2.24) is 5.32 Å². The van der Waals surface area contributed by atoms with E-state index in [-0.39, 0.29) is 5.41 Å². The molecule has 0 unspecified atom stereocenters. The lowest BCUT2D eigenvalue weighted by molar-refractivity contribution is 0.198. The van der Waals surface area contributed by atoms with Crippen LogP contribution in [0.5, 0.6) is 0 Å². The maximum atomic E-state index is 8.98. The Hall–Kier alpha value is -0.0800. The third-order valence-electron chi connectivity index (χ3n) is 3.86. The Morgan fingerprint density at radius 3 is 2.13 bits per heavy atom. The van der Waals surface area contributed by atoms with Crippen LogP contribution >= 0.6 is 0 Å². The zero-order valence-electron chi connectivity index (χ0n) is 10.1. The summed E-state index contributed by atoms with van der Waals surface area (Å²) in [5, 5.41) is 12.7. The van der Waals surface area contributed by atoms with E-state index in [0.717, 1.165) is 30.8 Å². The maximum Gasteiger partial charge on any atom is 0.0436 e. The van der Waals surface area contributed by atoms with E-state index < -0.39 is 0 Å². The van der Waals surface area contributed by atoms with Crippen molar-refractivity contribution in [3.8, 4) is 0 Å². The quantitative estimate of drug-likeness (QED) is 0.676. The molecule has 0 aromatic heterocycles. The molecule has 2 nitrogen and oxygen atoms in total. The average Bonchev–Trinajstić information content (AvgIpc) is 2.99. The van der Waals surface area contributed by atoms with Crippen LogP contribution in [-0.2, 0) is 0 Å². The molecule has 2 aliphatic rings. The molecule has 0 amide bonds. The molecule has 0 aromatic rings. The Kier molecular flexibility index (Phi) is 3.36. The van der Waals surface area contributed by atoms with Gasteiger partial charge in [0, 0.05) is 19.2 Å². The molecule has 0 saturated heterocycles. The van der Waals surface area contributed by atoms with Crippen LogP contribution in [0.1, 0.15) is 46.0 Å². The lowest BCUT2D eigenvalue weighted by atomic mass is 9.89. The highest BCUT2D eigenvalue weighted by Gasteiger charge is 2.41. The highest BCUT2D eigenvalue weighted by molar-refractivity contribution is 4.96. The lowest BCUT2D eigenvalue weighted by Crippen LogP contribution is -2.40. The van der Waals surface area contributed by atoms with E-state index in [9.17, 15) is 0 Å². The van der Waals surface area contributed by atoms with Gasteiger partial charge in [-0.05, 0) is 49.4 Å². The first-order valence-electron chi connectivity index (χ1n) is 6.47. The topological polar surface area (TPSA) is 32.3 Å². The Morgan fingerprint density at radius 2 is 1.73 bits per heavy atom. The molecule has 2 fully saturated rings. The summed E-state index contributed by atoms with van der Waals surface area (Å²) in [6.07, 6.45) is 6.66. The van der Waals surface area contributed by atoms with Crippen molar-refractivity contribution >= 4 is 0 Å². The first kappa shape index (κ1) is 11.4. The van der Waals surface area contributed by atoms with Gasteiger partial charge in [0.1, 0.15) is 0 Å². The molecule has 0 aromatic carbocycles. The predicted molar refractivity (Wildman–Crippen MR) is 62.7 cm³/mol. The predicted octanol–water partition coefficient (Wildman–Crippen LogP) is 2.17. The summed E-state index contributed by atoms with van der Waals surface area (Å²) in [4.78, 5) is 0. The fourth-order valence-electron chi connectivity index (χ4n) is 2.41. The fourth-order valence-corrected chi connectivity index (χ4v) is 2.41. The molecule has 2 rings (SSSR count). The fraction of sp³-hybridized carbons (Fsp3) is 1.00. The van der Waals surface area contributed by atoms with Crippen molar-refractivity contribution in [2.24, 2.45) is 17.3 Å². The van der Waals surface area contributed by atoms with Crippen molar-refractivity contribution < 1.29 is 5.11 Å². The standard InChI is InChI=1S/C13H25NO/c1-13(2,7-8-15)9-14-12(10-3-4-10)11-5-6-11/h10-12,14-15H,3-9H2,1-2H3. The number of aliphatic hydroxyl groups is 1. The number of aliphatic hydroxyl groups excluding tert-OH is 1. The van der Waals surface area contributed by atoms with Crippen molar-refractivity contribution in [3.05, 3.63) is 0 Å². The van der Waals surface area contributed by atoms with Gasteiger partial charge in [0.2, 0.25) is 0 Å². The molecule has 0 radical (unpaired) electrons. The Labute approximate surface area is 93.5 Å². The van der Waals surface area contributed by atoms with Crippen molar-refractivity contribution in [2.75, 3.05) is 13.2 Å². The van der Waals surface area contributed by atoms with Gasteiger partial charge < -0.3 is 10.4 Å². The smallest absolute Gasteiger partial charge is 0.0436 e. The van der Waals surface area contributed by atoms with E-state index in [1.165, 1.54) is 25.7 Å². The first-order valence-corrected chi connectivity index (χ1v) is 6.47. The maximum absolute atomic E-state index is 8.98. The number of hydrogen-bond acceptors (Lipinski definition) is 2. The van der Waals surface area contributed by atoms with Crippen LogP contribution in [0.15, 0.2) is 0 Å². The highest BCUT2D eigenvalue weighted by atomic mass is 16.3. The molecule has 0 aliphatic heterocycles. The molecule has 0 atom stereocenters. The molecular weight excluding hydrogens is 186 g/mol. The molecule has 88 valence electrons. The van der Waals surface area contributed by atoms with E-state index in [1.54, 1.807) is 0 Å². The molecule has 0 heterocycles. The second-order valence-corrected chi connectivity index (χ2v) is 6.22. The summed E-state index contributed by atoms with van der Waals surface area (Å²) in [6.45, 7) is 5.86. The largest absolute Gasteiger partial charge is 0.396 e. The second-order valence-electron chi connectivity index (χ2n) is 6.22. The molecule has 2 N–H and O–H groups in total. The van der Waals surface area contributed by atoms with Crippen molar-refractivity contribution in [3.63, 3.8) is 0 Å². The summed E-state index contributed by atoms with van der Waals surface area (Å²) in [5.41, 5.74) is 0.247. The van der Waals surface area contributed by atoms with E-state index >= 15 is 0 Å². The van der Waals surface area contributed by atoms with Crippen molar-refractivity contribution in [1.29, 1.82) is 0 Å². The normalized spacial score (nSPS) is 22.4. The van der Waals surface area contributed by atoms with E-state index in [2.05, 4.69) is 19.2 Å². The van der Waals surface area contributed by atoms with Crippen LogP contribution in [-0.4, -0.2) is 24.3 Å². The molecule has 0 spiro atoms. The minimum absolute atomic E-state index is 0.247. The summed E-state index contributed by atoms with van der Waals surface area (Å²) in [6, 6.07) is 0.794. The van der Waals surface area contributed by atoms with Gasteiger partial charge in [-0.25, -0.2) is 0 Å². The Morgan fingerprint density at radius 1 is 1.20 bits per heavy atom. The molecule has 2 heteroatoms. The summed E-state index contributed by atoms with van der Waals surface area (Å²) in [5.74, 6) is 1.95. The minimum atomic E-state index is 0.247. The zero-order chi connectivity index (χ0) is 10.9. The van der Waals surface area contributed by atoms with Crippen LogP contribution in [0.3, 0.4) is 0 Å². The summed E-state index contributed by atoms with van der Waals surface area (Å²) < 4.78 is 0. The average molecular weight is 211 g/mol. The van der Waals surface area contributed by atoms with Gasteiger partial charge in [-0.15, -0.1) is 0 Å². The van der Waals surface area contributed by atoms with Crippen LogP contribution in [0, 0.1) is 17.3 Å². The third-order valence-corrected chi connectivity index (χ3v) is 3.86. The van der Waals surface area contributed by atoms with E-state index in [1.807, 2.05) is 0 Å². The van der Waals surface area contributed by atoms with Gasteiger partial charge in [0.05, 0.1) is 0 Å². The Balaban J connectivity index is 1.74. The molecule has 15 heavy (non-hydrogen) atoms. The molecule has 0 bridgehead atoms. The summed E-state index contributed by atoms with van der Waals surface area (Å²) >= 11 is 0. The van der Waals surface area contributed by atoms with Crippen LogP contribution in [0.25, 0.3) is 0 Å². The van der Waals surface area contributed by atoms with Gasteiger partial charge in [-0.1, -0.05) is 13.8 Å². The monoisotopic (exact) mass is 211 g/mol. The van der Waals surface area contributed by atoms with Gasteiger partial charge in [0.25, 0.3) is 0 Å². The van der Waals surface area contributed by atoms with E-state index in [0.29, 0.717) is 6.61 Å². The minimum Gasteiger partial charge on any atom is -0.396 e. The van der Waals surface area contributed by atoms with Gasteiger partial charge in [0.15, 0.2) is 0 Å². The van der Waals surface area contributed by atoms with Crippen LogP contribution in [0.2, 0.25) is 0 Å². The zero-order valence-corrected chi connectivity index (χ0v) is 10.1. The molecule has 2 saturated carbocycles. The molecule has 2 aliphatic carbocycles. The highest BCUT2D eigenvalue weighted by Crippen LogP contribution is 2.44. The third kappa shape index (κ3) is 3.46. The molecular formula is C13H25NO. The number of nitrogens with one attached hydrogen (secondary N) is 1. The van der Waals surface area contributed by atoms with Crippen LogP contribution < -0.4 is 5.32 Å². The number of rotatable bonds is 7. The van der Waals surface area contributed by atoms with Crippen LogP contribution in [0.4, 0.5) is 0 Å².